The Morgan fingerprint density at radius 2 is 2.43 bits per heavy atom. The quantitative estimate of drug-likeness (QED) is 0.682. The number of hydrogen-bond donors (Lipinski definition) is 2. The molecule has 0 aliphatic rings. The molecular formula is C10H19N3S. The molecule has 0 radical (unpaired) electrons. The fourth-order valence-corrected chi connectivity index (χ4v) is 1.79. The van der Waals surface area contributed by atoms with E-state index in [0.29, 0.717) is 6.04 Å². The van der Waals surface area contributed by atoms with Crippen LogP contribution in [0.1, 0.15) is 31.6 Å². The lowest BCUT2D eigenvalue weighted by Crippen LogP contribution is -2.20. The third-order valence-electron chi connectivity index (χ3n) is 2.16. The van der Waals surface area contributed by atoms with Crippen LogP contribution in [0.15, 0.2) is 12.4 Å². The van der Waals surface area contributed by atoms with Gasteiger partial charge in [-0.3, -0.25) is 0 Å². The predicted molar refractivity (Wildman–Crippen MR) is 62.6 cm³/mol. The lowest BCUT2D eigenvalue weighted by atomic mass is 10.3. The van der Waals surface area contributed by atoms with E-state index in [1.165, 1.54) is 18.6 Å². The molecule has 1 aromatic heterocycles. The van der Waals surface area contributed by atoms with Crippen molar-refractivity contribution in [1.29, 1.82) is 0 Å². The Hall–Kier alpha value is -0.480. The van der Waals surface area contributed by atoms with Gasteiger partial charge in [0.25, 0.3) is 0 Å². The molecule has 4 heteroatoms. The predicted octanol–water partition coefficient (Wildman–Crippen LogP) is 2.20. The minimum absolute atomic E-state index is 0.333. The van der Waals surface area contributed by atoms with E-state index in [1.54, 1.807) is 6.20 Å². The van der Waals surface area contributed by atoms with E-state index >= 15 is 0 Å². The van der Waals surface area contributed by atoms with Crippen LogP contribution in [-0.4, -0.2) is 28.5 Å². The summed E-state index contributed by atoms with van der Waals surface area (Å²) in [7, 11) is 0. The van der Waals surface area contributed by atoms with E-state index in [0.717, 1.165) is 12.4 Å². The summed E-state index contributed by atoms with van der Waals surface area (Å²) in [6.07, 6.45) is 8.34. The minimum Gasteiger partial charge on any atom is -0.347 e. The Bertz CT molecular complexity index is 223. The summed E-state index contributed by atoms with van der Waals surface area (Å²) >= 11 is 1.91. The second-order valence-electron chi connectivity index (χ2n) is 3.35. The van der Waals surface area contributed by atoms with Crippen LogP contribution in [-0.2, 0) is 0 Å². The SMILES string of the molecule is CSCCCCNC(C)c1ncc[nH]1. The summed E-state index contributed by atoms with van der Waals surface area (Å²) in [5.41, 5.74) is 0. The highest BCUT2D eigenvalue weighted by Gasteiger charge is 2.04. The average molecular weight is 213 g/mol. The first-order valence-corrected chi connectivity index (χ1v) is 6.45. The van der Waals surface area contributed by atoms with Gasteiger partial charge in [0.1, 0.15) is 5.82 Å². The van der Waals surface area contributed by atoms with Crippen LogP contribution in [0.4, 0.5) is 0 Å². The van der Waals surface area contributed by atoms with Gasteiger partial charge in [0.15, 0.2) is 0 Å². The zero-order chi connectivity index (χ0) is 10.2. The Morgan fingerprint density at radius 3 is 3.07 bits per heavy atom. The second-order valence-corrected chi connectivity index (χ2v) is 4.34. The molecule has 1 atom stereocenters. The first-order valence-electron chi connectivity index (χ1n) is 5.06. The molecular weight excluding hydrogens is 194 g/mol. The lowest BCUT2D eigenvalue weighted by molar-refractivity contribution is 0.536. The van der Waals surface area contributed by atoms with Crippen LogP contribution >= 0.6 is 11.8 Å². The molecule has 80 valence electrons. The van der Waals surface area contributed by atoms with E-state index in [1.807, 2.05) is 18.0 Å². The second kappa shape index (κ2) is 6.90. The molecule has 0 amide bonds. The molecule has 3 nitrogen and oxygen atoms in total. The Kier molecular flexibility index (Phi) is 5.71. The number of unbranched alkanes of at least 4 members (excludes halogenated alkanes) is 1. The van der Waals surface area contributed by atoms with Gasteiger partial charge in [-0.15, -0.1) is 0 Å². The van der Waals surface area contributed by atoms with Crippen LogP contribution in [0.2, 0.25) is 0 Å². The molecule has 14 heavy (non-hydrogen) atoms. The number of aromatic amines is 1. The molecule has 0 saturated carbocycles. The van der Waals surface area contributed by atoms with Gasteiger partial charge in [-0.05, 0) is 38.3 Å². The molecule has 1 rings (SSSR count). The highest BCUT2D eigenvalue weighted by molar-refractivity contribution is 7.98. The summed E-state index contributed by atoms with van der Waals surface area (Å²) in [6.45, 7) is 3.20. The van der Waals surface area contributed by atoms with Crippen molar-refractivity contribution in [2.75, 3.05) is 18.6 Å². The summed E-state index contributed by atoms with van der Waals surface area (Å²) in [4.78, 5) is 7.32. The van der Waals surface area contributed by atoms with Crippen molar-refractivity contribution in [1.82, 2.24) is 15.3 Å². The highest BCUT2D eigenvalue weighted by atomic mass is 32.2. The number of imidazole rings is 1. The number of nitrogens with one attached hydrogen (secondary N) is 2. The Balaban J connectivity index is 2.07. The maximum absolute atomic E-state index is 4.21. The van der Waals surface area contributed by atoms with Gasteiger partial charge in [0, 0.05) is 12.4 Å². The van der Waals surface area contributed by atoms with Crippen molar-refractivity contribution >= 4 is 11.8 Å². The smallest absolute Gasteiger partial charge is 0.122 e. The zero-order valence-electron chi connectivity index (χ0n) is 8.92. The first kappa shape index (κ1) is 11.6. The van der Waals surface area contributed by atoms with E-state index in [2.05, 4.69) is 28.5 Å². The maximum atomic E-state index is 4.21. The number of nitrogens with zero attached hydrogens (tertiary/aromatic N) is 1. The fraction of sp³-hybridized carbons (Fsp3) is 0.700. The molecule has 1 heterocycles. The van der Waals surface area contributed by atoms with Crippen molar-refractivity contribution in [3.05, 3.63) is 18.2 Å². The molecule has 0 saturated heterocycles. The fourth-order valence-electron chi connectivity index (χ4n) is 1.30. The van der Waals surface area contributed by atoms with Gasteiger partial charge >= 0.3 is 0 Å². The van der Waals surface area contributed by atoms with Gasteiger partial charge < -0.3 is 10.3 Å². The van der Waals surface area contributed by atoms with Crippen molar-refractivity contribution < 1.29 is 0 Å². The largest absolute Gasteiger partial charge is 0.347 e. The molecule has 0 aliphatic heterocycles. The molecule has 0 bridgehead atoms. The molecule has 0 aromatic carbocycles. The summed E-state index contributed by atoms with van der Waals surface area (Å²) in [5.74, 6) is 2.28. The van der Waals surface area contributed by atoms with Crippen molar-refractivity contribution in [2.45, 2.75) is 25.8 Å². The summed E-state index contributed by atoms with van der Waals surface area (Å²) < 4.78 is 0. The summed E-state index contributed by atoms with van der Waals surface area (Å²) in [6, 6.07) is 0.333. The van der Waals surface area contributed by atoms with Gasteiger partial charge in [-0.1, -0.05) is 0 Å². The average Bonchev–Trinajstić information content (AvgIpc) is 2.70. The van der Waals surface area contributed by atoms with Crippen molar-refractivity contribution in [2.24, 2.45) is 0 Å². The molecule has 2 N–H and O–H groups in total. The zero-order valence-corrected chi connectivity index (χ0v) is 9.73. The number of hydrogen-bond acceptors (Lipinski definition) is 3. The number of aromatic nitrogens is 2. The monoisotopic (exact) mass is 213 g/mol. The van der Waals surface area contributed by atoms with Crippen LogP contribution in [0.25, 0.3) is 0 Å². The van der Waals surface area contributed by atoms with Crippen LogP contribution in [0.3, 0.4) is 0 Å². The Morgan fingerprint density at radius 1 is 1.57 bits per heavy atom. The van der Waals surface area contributed by atoms with Crippen LogP contribution in [0, 0.1) is 0 Å². The topological polar surface area (TPSA) is 40.7 Å². The lowest BCUT2D eigenvalue weighted by Gasteiger charge is -2.10. The minimum atomic E-state index is 0.333. The van der Waals surface area contributed by atoms with Crippen molar-refractivity contribution in [3.8, 4) is 0 Å². The van der Waals surface area contributed by atoms with E-state index in [-0.39, 0.29) is 0 Å². The Labute approximate surface area is 90.1 Å². The highest BCUT2D eigenvalue weighted by Crippen LogP contribution is 2.05. The summed E-state index contributed by atoms with van der Waals surface area (Å²) in [5, 5.41) is 3.44. The van der Waals surface area contributed by atoms with Gasteiger partial charge in [-0.25, -0.2) is 4.98 Å². The van der Waals surface area contributed by atoms with Gasteiger partial charge in [0.2, 0.25) is 0 Å². The normalized spacial score (nSPS) is 13.0. The maximum Gasteiger partial charge on any atom is 0.122 e. The van der Waals surface area contributed by atoms with Crippen molar-refractivity contribution in [3.63, 3.8) is 0 Å². The van der Waals surface area contributed by atoms with E-state index < -0.39 is 0 Å². The molecule has 1 aromatic rings. The van der Waals surface area contributed by atoms with Crippen LogP contribution in [0.5, 0.6) is 0 Å². The van der Waals surface area contributed by atoms with Gasteiger partial charge in [0.05, 0.1) is 6.04 Å². The van der Waals surface area contributed by atoms with E-state index in [4.69, 9.17) is 0 Å². The molecule has 0 fully saturated rings. The molecule has 0 aliphatic carbocycles. The molecule has 1 unspecified atom stereocenters. The van der Waals surface area contributed by atoms with Gasteiger partial charge in [-0.2, -0.15) is 11.8 Å². The third-order valence-corrected chi connectivity index (χ3v) is 2.85. The third kappa shape index (κ3) is 4.15. The molecule has 0 spiro atoms. The number of rotatable bonds is 7. The standard InChI is InChI=1S/C10H19N3S/c1-9(10-12-6-7-13-10)11-5-3-4-8-14-2/h6-7,9,11H,3-5,8H2,1-2H3,(H,12,13). The van der Waals surface area contributed by atoms with Crippen LogP contribution < -0.4 is 5.32 Å². The number of thioether (sulfide) groups is 1. The number of H-pyrrole nitrogens is 1. The van der Waals surface area contributed by atoms with E-state index in [9.17, 15) is 0 Å². The first-order chi connectivity index (χ1) is 6.84.